The second-order valence-corrected chi connectivity index (χ2v) is 6.90. The molecule has 1 aliphatic heterocycles. The van der Waals surface area contributed by atoms with Crippen LogP contribution in [0.15, 0.2) is 36.4 Å². The Morgan fingerprint density at radius 3 is 2.68 bits per heavy atom. The number of carbonyl (C=O) groups excluding carboxylic acids is 2. The van der Waals surface area contributed by atoms with Crippen LogP contribution in [0.4, 0.5) is 22.7 Å². The third-order valence-electron chi connectivity index (χ3n) is 4.88. The van der Waals surface area contributed by atoms with E-state index < -0.39 is 10.8 Å². The van der Waals surface area contributed by atoms with E-state index in [-0.39, 0.29) is 17.2 Å². The zero-order valence-electron chi connectivity index (χ0n) is 17.3. The summed E-state index contributed by atoms with van der Waals surface area (Å²) in [5.41, 5.74) is 1.46. The average molecular weight is 428 g/mol. The van der Waals surface area contributed by atoms with Crippen LogP contribution in [0.3, 0.4) is 0 Å². The van der Waals surface area contributed by atoms with Gasteiger partial charge in [0.05, 0.1) is 29.9 Å². The van der Waals surface area contributed by atoms with E-state index in [1.165, 1.54) is 25.3 Å². The Bertz CT molecular complexity index is 994. The molecule has 0 aliphatic carbocycles. The number of carbonyl (C=O) groups is 2. The van der Waals surface area contributed by atoms with Crippen molar-refractivity contribution in [2.75, 3.05) is 49.4 Å². The monoisotopic (exact) mass is 428 g/mol. The summed E-state index contributed by atoms with van der Waals surface area (Å²) in [6.07, 6.45) is 1.28. The van der Waals surface area contributed by atoms with Crippen LogP contribution in [0.1, 0.15) is 23.2 Å². The molecule has 0 radical (unpaired) electrons. The number of methoxy groups -OCH3 is 2. The van der Waals surface area contributed by atoms with Crippen molar-refractivity contribution in [3.05, 3.63) is 52.1 Å². The number of nitrogens with one attached hydrogen (secondary N) is 2. The molecule has 31 heavy (non-hydrogen) atoms. The number of hydrogen-bond acceptors (Lipinski definition) is 7. The fraction of sp³-hybridized carbons (Fsp3) is 0.333. The summed E-state index contributed by atoms with van der Waals surface area (Å²) in [7, 11) is 3.04. The lowest BCUT2D eigenvalue weighted by atomic mass is 10.1. The van der Waals surface area contributed by atoms with Crippen molar-refractivity contribution in [2.24, 2.45) is 0 Å². The molecule has 1 heterocycles. The van der Waals surface area contributed by atoms with Gasteiger partial charge in [-0.2, -0.15) is 0 Å². The standard InChI is InChI=1S/C21H24N4O6/c1-30-11-9-22-17-7-6-15(25(28)29)13-16(17)21(27)23-14-5-8-18(19(12-14)31-2)24-10-3-4-20(24)26/h5-8,12-13,22H,3-4,9-11H2,1-2H3,(H,23,27). The number of amides is 2. The summed E-state index contributed by atoms with van der Waals surface area (Å²) in [6, 6.07) is 9.04. The molecule has 0 aromatic heterocycles. The first-order chi connectivity index (χ1) is 14.9. The predicted octanol–water partition coefficient (Wildman–Crippen LogP) is 3.04. The molecule has 2 aromatic rings. The van der Waals surface area contributed by atoms with Crippen LogP contribution >= 0.6 is 0 Å². The number of nitro groups is 1. The lowest BCUT2D eigenvalue weighted by Crippen LogP contribution is -2.24. The molecule has 2 N–H and O–H groups in total. The van der Waals surface area contributed by atoms with Crippen LogP contribution in [0.2, 0.25) is 0 Å². The Balaban J connectivity index is 1.85. The Hall–Kier alpha value is -3.66. The molecule has 1 fully saturated rings. The number of benzene rings is 2. The number of nitro benzene ring substituents is 1. The van der Waals surface area contributed by atoms with Crippen LogP contribution in [-0.4, -0.2) is 50.7 Å². The smallest absolute Gasteiger partial charge is 0.270 e. The number of anilines is 3. The Morgan fingerprint density at radius 2 is 2.03 bits per heavy atom. The fourth-order valence-electron chi connectivity index (χ4n) is 3.36. The van der Waals surface area contributed by atoms with Gasteiger partial charge in [0.1, 0.15) is 5.75 Å². The van der Waals surface area contributed by atoms with Crippen LogP contribution in [0, 0.1) is 10.1 Å². The van der Waals surface area contributed by atoms with Gasteiger partial charge in [0.2, 0.25) is 5.91 Å². The molecule has 1 aliphatic rings. The molecule has 0 spiro atoms. The van der Waals surface area contributed by atoms with Gasteiger partial charge < -0.3 is 25.0 Å². The highest BCUT2D eigenvalue weighted by Crippen LogP contribution is 2.34. The van der Waals surface area contributed by atoms with Crippen molar-refractivity contribution in [3.63, 3.8) is 0 Å². The molecule has 164 valence electrons. The summed E-state index contributed by atoms with van der Waals surface area (Å²) in [5.74, 6) is -0.0420. The van der Waals surface area contributed by atoms with Crippen molar-refractivity contribution in [1.82, 2.24) is 0 Å². The minimum atomic E-state index is -0.555. The van der Waals surface area contributed by atoms with Gasteiger partial charge in [-0.05, 0) is 24.6 Å². The van der Waals surface area contributed by atoms with Gasteiger partial charge in [0, 0.05) is 56.2 Å². The van der Waals surface area contributed by atoms with Crippen molar-refractivity contribution >= 4 is 34.6 Å². The van der Waals surface area contributed by atoms with Crippen LogP contribution in [-0.2, 0) is 9.53 Å². The highest BCUT2D eigenvalue weighted by atomic mass is 16.6. The second kappa shape index (κ2) is 9.90. The Kier molecular flexibility index (Phi) is 7.03. The molecule has 3 rings (SSSR count). The largest absolute Gasteiger partial charge is 0.494 e. The van der Waals surface area contributed by atoms with Gasteiger partial charge >= 0.3 is 0 Å². The molecule has 1 saturated heterocycles. The quantitative estimate of drug-likeness (QED) is 0.357. The molecular weight excluding hydrogens is 404 g/mol. The maximum absolute atomic E-state index is 12.9. The summed E-state index contributed by atoms with van der Waals surface area (Å²) in [4.78, 5) is 37.2. The van der Waals surface area contributed by atoms with E-state index in [2.05, 4.69) is 10.6 Å². The molecule has 10 nitrogen and oxygen atoms in total. The molecule has 2 amide bonds. The maximum atomic E-state index is 12.9. The highest BCUT2D eigenvalue weighted by molar-refractivity contribution is 6.09. The van der Waals surface area contributed by atoms with Crippen molar-refractivity contribution in [1.29, 1.82) is 0 Å². The van der Waals surface area contributed by atoms with E-state index in [1.54, 1.807) is 30.2 Å². The average Bonchev–Trinajstić information content (AvgIpc) is 3.19. The lowest BCUT2D eigenvalue weighted by molar-refractivity contribution is -0.384. The predicted molar refractivity (Wildman–Crippen MR) is 116 cm³/mol. The zero-order valence-corrected chi connectivity index (χ0v) is 17.3. The fourth-order valence-corrected chi connectivity index (χ4v) is 3.36. The number of hydrogen-bond donors (Lipinski definition) is 2. The van der Waals surface area contributed by atoms with Gasteiger partial charge in [0.15, 0.2) is 0 Å². The van der Waals surface area contributed by atoms with Gasteiger partial charge in [-0.25, -0.2) is 0 Å². The molecule has 0 saturated carbocycles. The molecule has 10 heteroatoms. The molecule has 0 atom stereocenters. The van der Waals surface area contributed by atoms with Gasteiger partial charge in [-0.15, -0.1) is 0 Å². The normalized spacial score (nSPS) is 13.2. The second-order valence-electron chi connectivity index (χ2n) is 6.90. The van der Waals surface area contributed by atoms with E-state index in [0.29, 0.717) is 48.9 Å². The van der Waals surface area contributed by atoms with E-state index in [1.807, 2.05) is 0 Å². The minimum absolute atomic E-state index is 0.0263. The maximum Gasteiger partial charge on any atom is 0.270 e. The lowest BCUT2D eigenvalue weighted by Gasteiger charge is -2.20. The summed E-state index contributed by atoms with van der Waals surface area (Å²) in [6.45, 7) is 1.46. The summed E-state index contributed by atoms with van der Waals surface area (Å²) < 4.78 is 10.4. The van der Waals surface area contributed by atoms with Crippen molar-refractivity contribution < 1.29 is 24.0 Å². The van der Waals surface area contributed by atoms with Crippen LogP contribution in [0.5, 0.6) is 5.75 Å². The third-order valence-corrected chi connectivity index (χ3v) is 4.88. The number of non-ortho nitro benzene ring substituents is 1. The molecule has 0 unspecified atom stereocenters. The van der Waals surface area contributed by atoms with E-state index >= 15 is 0 Å². The molecule has 0 bridgehead atoms. The molecular formula is C21H24N4O6. The minimum Gasteiger partial charge on any atom is -0.494 e. The van der Waals surface area contributed by atoms with Crippen LogP contribution in [0.25, 0.3) is 0 Å². The number of nitrogens with zero attached hydrogens (tertiary/aromatic N) is 2. The number of rotatable bonds is 9. The topological polar surface area (TPSA) is 123 Å². The van der Waals surface area contributed by atoms with Crippen LogP contribution < -0.4 is 20.3 Å². The van der Waals surface area contributed by atoms with Gasteiger partial charge in [-0.1, -0.05) is 0 Å². The first-order valence-electron chi connectivity index (χ1n) is 9.75. The summed E-state index contributed by atoms with van der Waals surface area (Å²) in [5, 5.41) is 16.9. The Morgan fingerprint density at radius 1 is 1.23 bits per heavy atom. The number of ether oxygens (including phenoxy) is 2. The van der Waals surface area contributed by atoms with E-state index in [0.717, 1.165) is 6.42 Å². The van der Waals surface area contributed by atoms with Crippen molar-refractivity contribution in [3.8, 4) is 5.75 Å². The SMILES string of the molecule is COCCNc1ccc([N+](=O)[O-])cc1C(=O)Nc1ccc(N2CCCC2=O)c(OC)c1. The Labute approximate surface area is 179 Å². The zero-order chi connectivity index (χ0) is 22.4. The first-order valence-corrected chi connectivity index (χ1v) is 9.75. The van der Waals surface area contributed by atoms with Gasteiger partial charge in [0.25, 0.3) is 11.6 Å². The van der Waals surface area contributed by atoms with Gasteiger partial charge in [-0.3, -0.25) is 19.7 Å². The van der Waals surface area contributed by atoms with E-state index in [9.17, 15) is 19.7 Å². The highest BCUT2D eigenvalue weighted by Gasteiger charge is 2.25. The third kappa shape index (κ3) is 5.10. The molecule has 2 aromatic carbocycles. The van der Waals surface area contributed by atoms with E-state index in [4.69, 9.17) is 9.47 Å². The first kappa shape index (κ1) is 22.0. The summed E-state index contributed by atoms with van der Waals surface area (Å²) >= 11 is 0. The van der Waals surface area contributed by atoms with Crippen molar-refractivity contribution in [2.45, 2.75) is 12.8 Å².